The van der Waals surface area contributed by atoms with E-state index in [0.29, 0.717) is 34.9 Å². The van der Waals surface area contributed by atoms with Gasteiger partial charge in [-0.2, -0.15) is 0 Å². The topological polar surface area (TPSA) is 104 Å². The van der Waals surface area contributed by atoms with Gasteiger partial charge in [0.2, 0.25) is 0 Å². The Bertz CT molecular complexity index is 6300. The first-order chi connectivity index (χ1) is 47.5. The predicted octanol–water partition coefficient (Wildman–Crippen LogP) is 23.1. The molecule has 0 saturated heterocycles. The van der Waals surface area contributed by atoms with Gasteiger partial charge in [-0.15, -0.1) is 0 Å². The van der Waals surface area contributed by atoms with Crippen LogP contribution in [0.2, 0.25) is 0 Å². The Morgan fingerprint density at radius 2 is 0.542 bits per heavy atom. The molecule has 0 aliphatic rings. The van der Waals surface area contributed by atoms with E-state index < -0.39 is 0 Å². The summed E-state index contributed by atoms with van der Waals surface area (Å²) in [7, 11) is 0. The fourth-order valence-corrected chi connectivity index (χ4v) is 13.9. The van der Waals surface area contributed by atoms with E-state index in [1.165, 1.54) is 0 Å². The molecule has 0 fully saturated rings. The number of rotatable bonds is 10. The van der Waals surface area contributed by atoms with Crippen LogP contribution in [-0.2, 0) is 0 Å². The summed E-state index contributed by atoms with van der Waals surface area (Å²) < 4.78 is 13.3. The molecule has 4 aromatic heterocycles. The molecule has 0 unspecified atom stereocenters. The summed E-state index contributed by atoms with van der Waals surface area (Å²) in [5.74, 6) is 3.52. The molecule has 0 aliphatic heterocycles. The molecular weight excluding hydrogens is 1170 g/mol. The van der Waals surface area contributed by atoms with Crippen molar-refractivity contribution in [1.82, 2.24) is 29.9 Å². The van der Waals surface area contributed by atoms with Gasteiger partial charge >= 0.3 is 0 Å². The third-order valence-electron chi connectivity index (χ3n) is 18.8. The van der Waals surface area contributed by atoms with Crippen LogP contribution in [0.3, 0.4) is 0 Å². The summed E-state index contributed by atoms with van der Waals surface area (Å²) in [5.41, 5.74) is 17.4. The first kappa shape index (κ1) is 54.7. The number of benzene rings is 15. The molecule has 19 rings (SSSR count). The van der Waals surface area contributed by atoms with E-state index in [-0.39, 0.29) is 0 Å². The third-order valence-corrected chi connectivity index (χ3v) is 18.8. The summed E-state index contributed by atoms with van der Waals surface area (Å²) in [6, 6.07) is 110. The SMILES string of the molecule is c1ccc(-c2ccc(-c3nc(-c4ccccc4)nc(-c4cc(-c5ccc6c(c5)c(-c5ccc(-c7nc(-c8ccc(-c9ccc%10ccc%11c%12ccccc%12oc%11c%10c9)cc8)nc(-c8ccc9ccccc9c8)n7)cc5)cc5c7ccccc7oc65)c5ccccc5c4)n3)cc2)cc1. The number of aromatic nitrogens is 6. The minimum atomic E-state index is 0.570. The highest BCUT2D eigenvalue weighted by atomic mass is 16.3. The zero-order valence-corrected chi connectivity index (χ0v) is 51.5. The average molecular weight is 1230 g/mol. The van der Waals surface area contributed by atoms with Crippen LogP contribution < -0.4 is 0 Å². The van der Waals surface area contributed by atoms with Crippen molar-refractivity contribution in [2.45, 2.75) is 0 Å². The van der Waals surface area contributed by atoms with Crippen LogP contribution in [0.15, 0.2) is 324 Å². The Morgan fingerprint density at radius 3 is 1.19 bits per heavy atom. The molecule has 0 radical (unpaired) electrons. The van der Waals surface area contributed by atoms with Crippen LogP contribution >= 0.6 is 0 Å². The lowest BCUT2D eigenvalue weighted by atomic mass is 9.90. The van der Waals surface area contributed by atoms with Crippen molar-refractivity contribution >= 4 is 87.0 Å². The predicted molar refractivity (Wildman–Crippen MR) is 392 cm³/mol. The van der Waals surface area contributed by atoms with Gasteiger partial charge in [-0.25, -0.2) is 29.9 Å². The number of hydrogen-bond donors (Lipinski definition) is 0. The van der Waals surface area contributed by atoms with Crippen LogP contribution in [-0.4, -0.2) is 29.9 Å². The van der Waals surface area contributed by atoms with Gasteiger partial charge in [0.25, 0.3) is 0 Å². The zero-order valence-electron chi connectivity index (χ0n) is 51.5. The van der Waals surface area contributed by atoms with E-state index in [4.69, 9.17) is 38.7 Å². The van der Waals surface area contributed by atoms with Gasteiger partial charge < -0.3 is 8.83 Å². The molecule has 8 heteroatoms. The van der Waals surface area contributed by atoms with Crippen LogP contribution in [0, 0.1) is 0 Å². The Hall–Kier alpha value is -13.0. The van der Waals surface area contributed by atoms with Crippen molar-refractivity contribution in [2.24, 2.45) is 0 Å². The molecule has 8 nitrogen and oxygen atoms in total. The van der Waals surface area contributed by atoms with E-state index >= 15 is 0 Å². The van der Waals surface area contributed by atoms with Crippen LogP contribution in [0.25, 0.3) is 200 Å². The number of fused-ring (bicyclic) bond motifs is 12. The van der Waals surface area contributed by atoms with Gasteiger partial charge in [0, 0.05) is 65.7 Å². The number of para-hydroxylation sites is 2. The van der Waals surface area contributed by atoms with Crippen molar-refractivity contribution in [3.05, 3.63) is 315 Å². The summed E-state index contributed by atoms with van der Waals surface area (Å²) in [6.07, 6.45) is 0. The lowest BCUT2D eigenvalue weighted by molar-refractivity contribution is 0.672. The Morgan fingerprint density at radius 1 is 0.167 bits per heavy atom. The second kappa shape index (κ2) is 22.4. The van der Waals surface area contributed by atoms with Crippen LogP contribution in [0.1, 0.15) is 0 Å². The lowest BCUT2D eigenvalue weighted by Gasteiger charge is -2.15. The highest BCUT2D eigenvalue weighted by molar-refractivity contribution is 6.20. The van der Waals surface area contributed by atoms with Gasteiger partial charge in [0.1, 0.15) is 22.3 Å². The number of nitrogens with zero attached hydrogens (tertiary/aromatic N) is 6. The van der Waals surface area contributed by atoms with Gasteiger partial charge in [-0.1, -0.05) is 255 Å². The van der Waals surface area contributed by atoms with E-state index in [2.05, 4.69) is 255 Å². The molecule has 4 heterocycles. The van der Waals surface area contributed by atoms with E-state index in [1.807, 2.05) is 60.7 Å². The molecule has 0 spiro atoms. The van der Waals surface area contributed by atoms with Crippen LogP contribution in [0.5, 0.6) is 0 Å². The van der Waals surface area contributed by atoms with Crippen molar-refractivity contribution in [3.63, 3.8) is 0 Å². The number of furan rings is 2. The van der Waals surface area contributed by atoms with E-state index in [0.717, 1.165) is 165 Å². The second-order valence-corrected chi connectivity index (χ2v) is 24.5. The molecular formula is C88H52N6O2. The zero-order chi connectivity index (χ0) is 63.2. The molecule has 0 atom stereocenters. The molecule has 0 saturated carbocycles. The fraction of sp³-hybridized carbons (Fsp3) is 0. The smallest absolute Gasteiger partial charge is 0.164 e. The maximum atomic E-state index is 6.79. The molecule has 0 aliphatic carbocycles. The van der Waals surface area contributed by atoms with Gasteiger partial charge in [-0.3, -0.25) is 0 Å². The largest absolute Gasteiger partial charge is 0.455 e. The van der Waals surface area contributed by atoms with Crippen molar-refractivity contribution in [2.75, 3.05) is 0 Å². The maximum Gasteiger partial charge on any atom is 0.164 e. The summed E-state index contributed by atoms with van der Waals surface area (Å²) in [6.45, 7) is 0. The molecule has 0 N–H and O–H groups in total. The van der Waals surface area contributed by atoms with E-state index in [9.17, 15) is 0 Å². The second-order valence-electron chi connectivity index (χ2n) is 24.5. The highest BCUT2D eigenvalue weighted by Gasteiger charge is 2.21. The quantitative estimate of drug-likeness (QED) is 0.133. The van der Waals surface area contributed by atoms with Crippen molar-refractivity contribution < 1.29 is 8.83 Å². The standard InChI is InChI=1S/C88H52N6O2/c1-3-15-53(16-4-1)55-27-35-60(36-28-55)86-89-83(59-18-5-2-6-19-59)93-88(94-86)68-48-65-21-9-10-22-69(65)74(51-68)66-44-46-73-77(50-66)75(52-78-71-24-12-14-26-80(71)96-82(73)78)57-32-39-62(40-33-57)85-90-84(91-87(92-85)67-42-31-54-17-7-8-20-63(54)47-67)61-37-29-56(30-38-61)64-41-34-58-43-45-72-70-23-11-13-25-79(70)95-81(72)76(58)49-64/h1-52H. The average Bonchev–Trinajstić information content (AvgIpc) is 1.45. The summed E-state index contributed by atoms with van der Waals surface area (Å²) in [4.78, 5) is 31.4. The number of hydrogen-bond acceptors (Lipinski definition) is 8. The fourth-order valence-electron chi connectivity index (χ4n) is 13.9. The van der Waals surface area contributed by atoms with Crippen molar-refractivity contribution in [1.29, 1.82) is 0 Å². The van der Waals surface area contributed by atoms with Crippen LogP contribution in [0.4, 0.5) is 0 Å². The molecule has 446 valence electrons. The minimum Gasteiger partial charge on any atom is -0.455 e. The maximum absolute atomic E-state index is 6.79. The van der Waals surface area contributed by atoms with Gasteiger partial charge in [0.15, 0.2) is 34.9 Å². The molecule has 15 aromatic carbocycles. The lowest BCUT2D eigenvalue weighted by Crippen LogP contribution is -2.00. The molecule has 96 heavy (non-hydrogen) atoms. The van der Waals surface area contributed by atoms with Gasteiger partial charge in [0.05, 0.1) is 0 Å². The third kappa shape index (κ3) is 9.54. The minimum absolute atomic E-state index is 0.570. The molecule has 19 aromatic rings. The normalized spacial score (nSPS) is 11.8. The first-order valence-corrected chi connectivity index (χ1v) is 32.2. The van der Waals surface area contributed by atoms with E-state index in [1.54, 1.807) is 0 Å². The molecule has 0 amide bonds. The Kier molecular flexibility index (Phi) is 12.7. The summed E-state index contributed by atoms with van der Waals surface area (Å²) in [5, 5.41) is 13.0. The summed E-state index contributed by atoms with van der Waals surface area (Å²) >= 11 is 0. The molecule has 0 bridgehead atoms. The van der Waals surface area contributed by atoms with Crippen molar-refractivity contribution in [3.8, 4) is 113 Å². The Labute approximate surface area is 550 Å². The monoisotopic (exact) mass is 1220 g/mol. The van der Waals surface area contributed by atoms with Gasteiger partial charge in [-0.05, 0) is 137 Å². The first-order valence-electron chi connectivity index (χ1n) is 32.2. The Balaban J connectivity index is 0.722. The highest BCUT2D eigenvalue weighted by Crippen LogP contribution is 2.44.